The summed E-state index contributed by atoms with van der Waals surface area (Å²) in [6, 6.07) is 9.74. The van der Waals surface area contributed by atoms with Gasteiger partial charge in [-0.1, -0.05) is 30.3 Å². The van der Waals surface area contributed by atoms with Gasteiger partial charge in [-0.25, -0.2) is 4.79 Å². The van der Waals surface area contributed by atoms with E-state index in [9.17, 15) is 4.79 Å². The molecule has 0 fully saturated rings. The van der Waals surface area contributed by atoms with Gasteiger partial charge in [-0.05, 0) is 24.1 Å². The van der Waals surface area contributed by atoms with Gasteiger partial charge in [0.25, 0.3) is 0 Å². The van der Waals surface area contributed by atoms with Gasteiger partial charge in [0.15, 0.2) is 0 Å². The largest absolute Gasteiger partial charge is 0.478 e. The molecular weight excluding hydrogens is 228 g/mol. The summed E-state index contributed by atoms with van der Waals surface area (Å²) < 4.78 is 0. The molecule has 4 heteroatoms. The van der Waals surface area contributed by atoms with Crippen molar-refractivity contribution in [2.24, 2.45) is 11.5 Å². The lowest BCUT2D eigenvalue weighted by Crippen LogP contribution is -2.43. The van der Waals surface area contributed by atoms with Crippen molar-refractivity contribution in [3.05, 3.63) is 59.3 Å². The van der Waals surface area contributed by atoms with Crippen LogP contribution >= 0.6 is 0 Å². The molecule has 0 saturated carbocycles. The average Bonchev–Trinajstić information content (AvgIpc) is 2.28. The zero-order chi connectivity index (χ0) is 13.2. The van der Waals surface area contributed by atoms with Crippen molar-refractivity contribution in [1.82, 2.24) is 0 Å². The minimum absolute atomic E-state index is 0.258. The summed E-state index contributed by atoms with van der Waals surface area (Å²) in [7, 11) is 0. The van der Waals surface area contributed by atoms with Crippen LogP contribution in [0.3, 0.4) is 0 Å². The van der Waals surface area contributed by atoms with Crippen LogP contribution in [0.2, 0.25) is 0 Å². The predicted molar refractivity (Wildman–Crippen MR) is 69.7 cm³/mol. The van der Waals surface area contributed by atoms with Crippen LogP contribution in [0.25, 0.3) is 0 Å². The van der Waals surface area contributed by atoms with E-state index < -0.39 is 11.5 Å². The molecule has 1 aliphatic rings. The van der Waals surface area contributed by atoms with E-state index in [1.807, 2.05) is 30.3 Å². The Labute approximate surface area is 106 Å². The van der Waals surface area contributed by atoms with Gasteiger partial charge >= 0.3 is 5.97 Å². The number of benzene rings is 1. The van der Waals surface area contributed by atoms with Gasteiger partial charge in [-0.3, -0.25) is 0 Å². The maximum absolute atomic E-state index is 11.0. The molecule has 1 atom stereocenters. The van der Waals surface area contributed by atoms with Crippen LogP contribution in [0, 0.1) is 0 Å². The molecule has 1 aromatic rings. The van der Waals surface area contributed by atoms with Gasteiger partial charge in [-0.15, -0.1) is 0 Å². The van der Waals surface area contributed by atoms with E-state index in [1.54, 1.807) is 6.08 Å². The van der Waals surface area contributed by atoms with Crippen LogP contribution in [0.1, 0.15) is 12.0 Å². The Morgan fingerprint density at radius 2 is 2.00 bits per heavy atom. The molecule has 0 amide bonds. The molecular formula is C14H16N2O2. The fourth-order valence-corrected chi connectivity index (χ4v) is 2.26. The third-order valence-electron chi connectivity index (χ3n) is 2.97. The molecule has 0 bridgehead atoms. The second-order valence-electron chi connectivity index (χ2n) is 4.69. The maximum atomic E-state index is 11.0. The van der Waals surface area contributed by atoms with Crippen LogP contribution in [-0.4, -0.2) is 16.6 Å². The molecule has 1 unspecified atom stereocenters. The monoisotopic (exact) mass is 244 g/mol. The third-order valence-corrected chi connectivity index (χ3v) is 2.97. The molecule has 1 aliphatic carbocycles. The number of hydrogen-bond acceptors (Lipinski definition) is 3. The van der Waals surface area contributed by atoms with E-state index in [4.69, 9.17) is 16.6 Å². The smallest absolute Gasteiger partial charge is 0.331 e. The molecule has 0 aliphatic heterocycles. The third kappa shape index (κ3) is 2.78. The van der Waals surface area contributed by atoms with Gasteiger partial charge in [0.05, 0.1) is 0 Å². The number of aliphatic carboxylic acids is 1. The first-order valence-electron chi connectivity index (χ1n) is 5.73. The number of rotatable bonds is 3. The molecule has 0 heterocycles. The van der Waals surface area contributed by atoms with Crippen LogP contribution in [0.5, 0.6) is 0 Å². The summed E-state index contributed by atoms with van der Waals surface area (Å²) in [6.07, 6.45) is 4.07. The van der Waals surface area contributed by atoms with Crippen LogP contribution in [0.15, 0.2) is 53.8 Å². The lowest BCUT2D eigenvalue weighted by Gasteiger charge is -2.30. The summed E-state index contributed by atoms with van der Waals surface area (Å²) in [5.74, 6) is -0.964. The zero-order valence-corrected chi connectivity index (χ0v) is 9.97. The number of carbonyl (C=O) groups is 1. The Kier molecular flexibility index (Phi) is 3.21. The summed E-state index contributed by atoms with van der Waals surface area (Å²) in [5, 5.41) is 9.05. The fraction of sp³-hybridized carbons (Fsp3) is 0.214. The van der Waals surface area contributed by atoms with E-state index in [0.29, 0.717) is 12.1 Å². The summed E-state index contributed by atoms with van der Waals surface area (Å²) in [5.41, 5.74) is 13.0. The summed E-state index contributed by atoms with van der Waals surface area (Å²) in [6.45, 7) is 0. The van der Waals surface area contributed by atoms with Gasteiger partial charge in [-0.2, -0.15) is 0 Å². The molecule has 0 spiro atoms. The SMILES string of the molecule is NC1=CC(N)(Cc2ccccc2)CC(C(=O)O)=C1. The number of nitrogens with two attached hydrogens (primary N) is 2. The van der Waals surface area contributed by atoms with Gasteiger partial charge in [0.2, 0.25) is 0 Å². The normalized spacial score (nSPS) is 23.2. The van der Waals surface area contributed by atoms with Crippen LogP contribution < -0.4 is 11.5 Å². The standard InChI is InChI=1S/C14H16N2O2/c15-12-6-11(13(17)18)8-14(16,9-12)7-10-4-2-1-3-5-10/h1-6,9H,7-8,15-16H2,(H,17,18). The Bertz CT molecular complexity index is 520. The Morgan fingerprint density at radius 1 is 1.33 bits per heavy atom. The van der Waals surface area contributed by atoms with Crippen molar-refractivity contribution in [2.45, 2.75) is 18.4 Å². The first-order valence-corrected chi connectivity index (χ1v) is 5.73. The first-order chi connectivity index (χ1) is 8.48. The van der Waals surface area contributed by atoms with Crippen molar-refractivity contribution < 1.29 is 9.90 Å². The highest BCUT2D eigenvalue weighted by atomic mass is 16.4. The minimum atomic E-state index is -0.964. The summed E-state index contributed by atoms with van der Waals surface area (Å²) in [4.78, 5) is 11.0. The molecule has 0 radical (unpaired) electrons. The number of carboxylic acids is 1. The molecule has 94 valence electrons. The molecule has 0 aromatic heterocycles. The van der Waals surface area contributed by atoms with E-state index in [0.717, 1.165) is 5.56 Å². The van der Waals surface area contributed by atoms with Crippen molar-refractivity contribution in [2.75, 3.05) is 0 Å². The highest BCUT2D eigenvalue weighted by molar-refractivity contribution is 5.88. The van der Waals surface area contributed by atoms with Crippen LogP contribution in [-0.2, 0) is 11.2 Å². The Balaban J connectivity index is 2.23. The van der Waals surface area contributed by atoms with Gasteiger partial charge < -0.3 is 16.6 Å². The van der Waals surface area contributed by atoms with Crippen molar-refractivity contribution in [1.29, 1.82) is 0 Å². The lowest BCUT2D eigenvalue weighted by molar-refractivity contribution is -0.133. The van der Waals surface area contributed by atoms with E-state index in [-0.39, 0.29) is 12.0 Å². The highest BCUT2D eigenvalue weighted by Crippen LogP contribution is 2.26. The maximum Gasteiger partial charge on any atom is 0.331 e. The topological polar surface area (TPSA) is 89.3 Å². The first kappa shape index (κ1) is 12.4. The number of hydrogen-bond donors (Lipinski definition) is 3. The average molecular weight is 244 g/mol. The van der Waals surface area contributed by atoms with Crippen molar-refractivity contribution in [3.63, 3.8) is 0 Å². The second-order valence-corrected chi connectivity index (χ2v) is 4.69. The fourth-order valence-electron chi connectivity index (χ4n) is 2.26. The highest BCUT2D eigenvalue weighted by Gasteiger charge is 2.30. The zero-order valence-electron chi connectivity index (χ0n) is 9.97. The number of allylic oxidation sites excluding steroid dienone is 1. The molecule has 0 saturated heterocycles. The van der Waals surface area contributed by atoms with Gasteiger partial charge in [0.1, 0.15) is 0 Å². The van der Waals surface area contributed by atoms with E-state index in [1.165, 1.54) is 6.08 Å². The second kappa shape index (κ2) is 4.66. The predicted octanol–water partition coefficient (Wildman–Crippen LogP) is 1.18. The van der Waals surface area contributed by atoms with Crippen LogP contribution in [0.4, 0.5) is 0 Å². The summed E-state index contributed by atoms with van der Waals surface area (Å²) >= 11 is 0. The lowest BCUT2D eigenvalue weighted by atomic mass is 9.81. The quantitative estimate of drug-likeness (QED) is 0.745. The van der Waals surface area contributed by atoms with Crippen molar-refractivity contribution in [3.8, 4) is 0 Å². The molecule has 2 rings (SSSR count). The van der Waals surface area contributed by atoms with Gasteiger partial charge in [0, 0.05) is 23.2 Å². The molecule has 4 nitrogen and oxygen atoms in total. The van der Waals surface area contributed by atoms with Crippen molar-refractivity contribution >= 4 is 5.97 Å². The van der Waals surface area contributed by atoms with E-state index in [2.05, 4.69) is 0 Å². The molecule has 1 aromatic carbocycles. The molecule has 5 N–H and O–H groups in total. The Morgan fingerprint density at radius 3 is 2.61 bits per heavy atom. The Hall–Kier alpha value is -2.07. The van der Waals surface area contributed by atoms with E-state index >= 15 is 0 Å². The molecule has 18 heavy (non-hydrogen) atoms. The minimum Gasteiger partial charge on any atom is -0.478 e. The number of carboxylic acid groups (broad SMARTS) is 1.